The maximum absolute atomic E-state index is 6.64. The van der Waals surface area contributed by atoms with Crippen LogP contribution in [0.15, 0.2) is 218 Å². The van der Waals surface area contributed by atoms with Gasteiger partial charge in [0, 0.05) is 44.3 Å². The first kappa shape index (κ1) is 35.4. The molecule has 0 saturated carbocycles. The number of para-hydroxylation sites is 3. The molecule has 0 N–H and O–H groups in total. The van der Waals surface area contributed by atoms with Crippen molar-refractivity contribution in [2.45, 2.75) is 5.41 Å². The van der Waals surface area contributed by atoms with Crippen LogP contribution in [-0.2, 0) is 5.41 Å². The molecule has 11 aromatic rings. The minimum atomic E-state index is -0.565. The molecule has 294 valence electrons. The predicted octanol–water partition coefficient (Wildman–Crippen LogP) is 14.1. The lowest BCUT2D eigenvalue weighted by molar-refractivity contribution is 0.436. The topological polar surface area (TPSA) is 52.8 Å². The molecule has 3 heterocycles. The van der Waals surface area contributed by atoms with Crippen molar-refractivity contribution >= 4 is 21.8 Å². The molecule has 2 aliphatic rings. The SMILES string of the molecule is c1ccc(-c2cccc(-c3nc(-c4ccccc4)nc(-c4ccc(-n5c6ccccc6c6cc7c(cc65)C5(c6ccccc6Oc6ccccc65)c5ccccc5-7)cc4)n3)c2)cc1. The van der Waals surface area contributed by atoms with Gasteiger partial charge in [0.1, 0.15) is 11.5 Å². The van der Waals surface area contributed by atoms with Gasteiger partial charge in [0.25, 0.3) is 0 Å². The van der Waals surface area contributed by atoms with Crippen molar-refractivity contribution in [3.63, 3.8) is 0 Å². The molecule has 0 radical (unpaired) electrons. The Hall–Kier alpha value is -8.41. The zero-order valence-corrected chi connectivity index (χ0v) is 34.0. The van der Waals surface area contributed by atoms with Gasteiger partial charge in [0.05, 0.1) is 16.4 Å². The van der Waals surface area contributed by atoms with Crippen molar-refractivity contribution in [1.29, 1.82) is 0 Å². The lowest BCUT2D eigenvalue weighted by atomic mass is 9.66. The summed E-state index contributed by atoms with van der Waals surface area (Å²) < 4.78 is 9.05. The average Bonchev–Trinajstić information content (AvgIpc) is 3.83. The fourth-order valence-corrected chi connectivity index (χ4v) is 10.2. The van der Waals surface area contributed by atoms with Crippen LogP contribution < -0.4 is 4.74 Å². The highest BCUT2D eigenvalue weighted by Crippen LogP contribution is 2.62. The Morgan fingerprint density at radius 3 is 1.59 bits per heavy atom. The van der Waals surface area contributed by atoms with E-state index in [1.54, 1.807) is 0 Å². The third-order valence-corrected chi connectivity index (χ3v) is 12.9. The van der Waals surface area contributed by atoms with Gasteiger partial charge < -0.3 is 9.30 Å². The van der Waals surface area contributed by atoms with Crippen molar-refractivity contribution in [3.05, 3.63) is 241 Å². The van der Waals surface area contributed by atoms with Crippen molar-refractivity contribution in [1.82, 2.24) is 19.5 Å². The molecular weight excluding hydrogens is 769 g/mol. The van der Waals surface area contributed by atoms with E-state index in [4.69, 9.17) is 19.7 Å². The molecule has 1 aliphatic heterocycles. The number of ether oxygens (including phenoxy) is 1. The van der Waals surface area contributed by atoms with Crippen LogP contribution in [-0.4, -0.2) is 19.5 Å². The Morgan fingerprint density at radius 1 is 0.333 bits per heavy atom. The molecule has 0 bridgehead atoms. The molecule has 0 unspecified atom stereocenters. The molecule has 5 heteroatoms. The summed E-state index contributed by atoms with van der Waals surface area (Å²) in [6.45, 7) is 0. The zero-order chi connectivity index (χ0) is 41.5. The number of fused-ring (bicyclic) bond motifs is 12. The van der Waals surface area contributed by atoms with Crippen LogP contribution in [0.4, 0.5) is 0 Å². The van der Waals surface area contributed by atoms with Gasteiger partial charge in [-0.1, -0.05) is 158 Å². The highest BCUT2D eigenvalue weighted by atomic mass is 16.5. The quantitative estimate of drug-likeness (QED) is 0.174. The zero-order valence-electron chi connectivity index (χ0n) is 34.0. The van der Waals surface area contributed by atoms with Gasteiger partial charge in [-0.25, -0.2) is 15.0 Å². The van der Waals surface area contributed by atoms with Crippen LogP contribution in [0.1, 0.15) is 22.3 Å². The fourth-order valence-electron chi connectivity index (χ4n) is 10.2. The van der Waals surface area contributed by atoms with Crippen LogP contribution in [0, 0.1) is 0 Å². The second kappa shape index (κ2) is 13.8. The third-order valence-electron chi connectivity index (χ3n) is 12.9. The highest BCUT2D eigenvalue weighted by molar-refractivity contribution is 6.12. The van der Waals surface area contributed by atoms with Gasteiger partial charge in [-0.05, 0) is 94.0 Å². The van der Waals surface area contributed by atoms with Crippen molar-refractivity contribution in [2.75, 3.05) is 0 Å². The standard InChI is InChI=1S/C58H36N4O/c1-3-16-37(17-4-1)40-20-15-21-41(34-40)57-60-55(38-18-5-2-6-19-38)59-56(61-57)39-30-32-42(33-31-39)62-51-27-12-8-23-44(51)46-35-45-43-22-7-9-24-47(43)58(50(45)36-52(46)62)48-25-10-13-28-53(48)63-54-29-14-11-26-49(54)58/h1-36H. The highest BCUT2D eigenvalue weighted by Gasteiger charge is 2.51. The van der Waals surface area contributed by atoms with Gasteiger partial charge in [-0.3, -0.25) is 0 Å². The number of rotatable bonds is 5. The third kappa shape index (κ3) is 5.33. The molecule has 0 saturated heterocycles. The Morgan fingerprint density at radius 2 is 0.873 bits per heavy atom. The normalized spacial score (nSPS) is 13.0. The summed E-state index contributed by atoms with van der Waals surface area (Å²) in [6.07, 6.45) is 0. The molecule has 1 spiro atoms. The summed E-state index contributed by atoms with van der Waals surface area (Å²) in [5.74, 6) is 3.65. The molecule has 13 rings (SSSR count). The average molecular weight is 805 g/mol. The van der Waals surface area contributed by atoms with Crippen LogP contribution in [0.5, 0.6) is 11.5 Å². The van der Waals surface area contributed by atoms with Crippen LogP contribution in [0.2, 0.25) is 0 Å². The Labute approximate surface area is 364 Å². The fraction of sp³-hybridized carbons (Fsp3) is 0.0172. The summed E-state index contributed by atoms with van der Waals surface area (Å²) in [6, 6.07) is 77.3. The summed E-state index contributed by atoms with van der Waals surface area (Å²) in [5, 5.41) is 2.42. The summed E-state index contributed by atoms with van der Waals surface area (Å²) in [5.41, 5.74) is 15.1. The lowest BCUT2D eigenvalue weighted by Gasteiger charge is -2.39. The maximum atomic E-state index is 6.64. The Balaban J connectivity index is 0.992. The van der Waals surface area contributed by atoms with Crippen molar-refractivity contribution in [2.24, 2.45) is 0 Å². The number of nitrogens with zero attached hydrogens (tertiary/aromatic N) is 4. The number of aromatic nitrogens is 4. The van der Waals surface area contributed by atoms with E-state index >= 15 is 0 Å². The minimum Gasteiger partial charge on any atom is -0.457 e. The lowest BCUT2D eigenvalue weighted by Crippen LogP contribution is -2.32. The summed E-state index contributed by atoms with van der Waals surface area (Å²) in [4.78, 5) is 15.2. The van der Waals surface area contributed by atoms with Crippen molar-refractivity contribution < 1.29 is 4.74 Å². The largest absolute Gasteiger partial charge is 0.457 e. The van der Waals surface area contributed by atoms with Gasteiger partial charge >= 0.3 is 0 Å². The number of hydrogen-bond acceptors (Lipinski definition) is 4. The van der Waals surface area contributed by atoms with E-state index in [1.165, 1.54) is 33.0 Å². The molecule has 0 atom stereocenters. The number of hydrogen-bond donors (Lipinski definition) is 0. The van der Waals surface area contributed by atoms with E-state index in [9.17, 15) is 0 Å². The first-order valence-corrected chi connectivity index (χ1v) is 21.3. The first-order valence-electron chi connectivity index (χ1n) is 21.3. The second-order valence-electron chi connectivity index (χ2n) is 16.3. The summed E-state index contributed by atoms with van der Waals surface area (Å²) in [7, 11) is 0. The van der Waals surface area contributed by atoms with Gasteiger partial charge in [0.2, 0.25) is 0 Å². The van der Waals surface area contributed by atoms with E-state index in [-0.39, 0.29) is 0 Å². The molecule has 0 fully saturated rings. The summed E-state index contributed by atoms with van der Waals surface area (Å²) >= 11 is 0. The van der Waals surface area contributed by atoms with Gasteiger partial charge in [0.15, 0.2) is 17.5 Å². The van der Waals surface area contributed by atoms with E-state index in [2.05, 4.69) is 187 Å². The molecule has 2 aromatic heterocycles. The Kier molecular flexibility index (Phi) is 7.75. The molecule has 63 heavy (non-hydrogen) atoms. The second-order valence-corrected chi connectivity index (χ2v) is 16.3. The smallest absolute Gasteiger partial charge is 0.164 e. The molecule has 0 amide bonds. The van der Waals surface area contributed by atoms with Crippen LogP contribution in [0.3, 0.4) is 0 Å². The van der Waals surface area contributed by atoms with Crippen LogP contribution in [0.25, 0.3) is 83.9 Å². The van der Waals surface area contributed by atoms with Gasteiger partial charge in [-0.2, -0.15) is 0 Å². The monoisotopic (exact) mass is 804 g/mol. The van der Waals surface area contributed by atoms with Crippen molar-refractivity contribution in [3.8, 4) is 73.6 Å². The van der Waals surface area contributed by atoms with Gasteiger partial charge in [-0.15, -0.1) is 0 Å². The van der Waals surface area contributed by atoms with E-state index in [0.717, 1.165) is 67.2 Å². The van der Waals surface area contributed by atoms with E-state index in [1.807, 2.05) is 36.4 Å². The van der Waals surface area contributed by atoms with Crippen LogP contribution >= 0.6 is 0 Å². The first-order chi connectivity index (χ1) is 31.2. The van der Waals surface area contributed by atoms with E-state index in [0.29, 0.717) is 17.5 Å². The Bertz CT molecular complexity index is 3550. The molecule has 9 aromatic carbocycles. The minimum absolute atomic E-state index is 0.565. The number of benzene rings is 9. The maximum Gasteiger partial charge on any atom is 0.164 e. The predicted molar refractivity (Wildman–Crippen MR) is 253 cm³/mol. The van der Waals surface area contributed by atoms with E-state index < -0.39 is 5.41 Å². The molecule has 1 aliphatic carbocycles. The molecule has 5 nitrogen and oxygen atoms in total. The molecular formula is C58H36N4O.